The quantitative estimate of drug-likeness (QED) is 0.735. The summed E-state index contributed by atoms with van der Waals surface area (Å²) >= 11 is 0. The Bertz CT molecular complexity index is 353. The average Bonchev–Trinajstić information content (AvgIpc) is 2.31. The van der Waals surface area contributed by atoms with Crippen LogP contribution in [-0.4, -0.2) is 24.2 Å². The number of hydrogen-bond donors (Lipinski definition) is 2. The summed E-state index contributed by atoms with van der Waals surface area (Å²) in [4.78, 5) is 4.24. The smallest absolute Gasteiger partial charge is 0.370 e. The number of anilines is 2. The van der Waals surface area contributed by atoms with E-state index < -0.39 is 12.6 Å². The van der Waals surface area contributed by atoms with Crippen LogP contribution in [0.2, 0.25) is 0 Å². The molecular weight excluding hydrogens is 243 g/mol. The molecule has 1 heterocycles. The minimum atomic E-state index is -4.08. The van der Waals surface area contributed by atoms with E-state index in [4.69, 9.17) is 0 Å². The first kappa shape index (κ1) is 14.6. The van der Waals surface area contributed by atoms with Crippen LogP contribution in [0.4, 0.5) is 24.8 Å². The SMILES string of the molecule is CCCNc1cccc(NCCCC(F)(F)F)n1. The van der Waals surface area contributed by atoms with E-state index in [0.717, 1.165) is 18.8 Å². The third kappa shape index (κ3) is 6.32. The van der Waals surface area contributed by atoms with E-state index in [2.05, 4.69) is 15.6 Å². The summed E-state index contributed by atoms with van der Waals surface area (Å²) in [5, 5.41) is 6.00. The highest BCUT2D eigenvalue weighted by molar-refractivity contribution is 5.44. The molecule has 6 heteroatoms. The average molecular weight is 261 g/mol. The number of pyridine rings is 1. The van der Waals surface area contributed by atoms with Crippen LogP contribution in [0.5, 0.6) is 0 Å². The molecule has 0 fully saturated rings. The van der Waals surface area contributed by atoms with Crippen molar-refractivity contribution in [3.05, 3.63) is 18.2 Å². The zero-order valence-electron chi connectivity index (χ0n) is 10.3. The lowest BCUT2D eigenvalue weighted by Gasteiger charge is -2.09. The molecule has 18 heavy (non-hydrogen) atoms. The van der Waals surface area contributed by atoms with Crippen molar-refractivity contribution in [2.24, 2.45) is 0 Å². The van der Waals surface area contributed by atoms with Crippen molar-refractivity contribution in [2.45, 2.75) is 32.4 Å². The Morgan fingerprint density at radius 3 is 2.28 bits per heavy atom. The van der Waals surface area contributed by atoms with E-state index in [9.17, 15) is 13.2 Å². The van der Waals surface area contributed by atoms with Gasteiger partial charge in [-0.3, -0.25) is 0 Å². The van der Waals surface area contributed by atoms with Crippen LogP contribution >= 0.6 is 0 Å². The van der Waals surface area contributed by atoms with Crippen LogP contribution in [0.15, 0.2) is 18.2 Å². The molecule has 0 aromatic carbocycles. The molecular formula is C12H18F3N3. The lowest BCUT2D eigenvalue weighted by Crippen LogP contribution is -2.11. The molecule has 0 saturated carbocycles. The molecule has 0 saturated heterocycles. The molecule has 0 amide bonds. The molecule has 0 radical (unpaired) electrons. The molecule has 0 atom stereocenters. The summed E-state index contributed by atoms with van der Waals surface area (Å²) in [6, 6.07) is 5.39. The molecule has 2 N–H and O–H groups in total. The second kappa shape index (κ2) is 7.08. The summed E-state index contributed by atoms with van der Waals surface area (Å²) in [7, 11) is 0. The van der Waals surface area contributed by atoms with Crippen LogP contribution < -0.4 is 10.6 Å². The minimum absolute atomic E-state index is 0.0534. The van der Waals surface area contributed by atoms with Gasteiger partial charge in [-0.1, -0.05) is 13.0 Å². The number of aromatic nitrogens is 1. The Kier molecular flexibility index (Phi) is 5.74. The highest BCUT2D eigenvalue weighted by Gasteiger charge is 2.25. The van der Waals surface area contributed by atoms with Crippen LogP contribution in [0.3, 0.4) is 0 Å². The summed E-state index contributed by atoms with van der Waals surface area (Å²) < 4.78 is 35.8. The van der Waals surface area contributed by atoms with Crippen LogP contribution in [-0.2, 0) is 0 Å². The molecule has 1 rings (SSSR count). The zero-order chi connectivity index (χ0) is 13.4. The fraction of sp³-hybridized carbons (Fsp3) is 0.583. The third-order valence-electron chi connectivity index (χ3n) is 2.25. The monoisotopic (exact) mass is 261 g/mol. The maximum atomic E-state index is 11.9. The fourth-order valence-electron chi connectivity index (χ4n) is 1.39. The van der Waals surface area contributed by atoms with E-state index in [-0.39, 0.29) is 13.0 Å². The molecule has 0 bridgehead atoms. The van der Waals surface area contributed by atoms with Gasteiger partial charge in [-0.25, -0.2) is 4.98 Å². The number of rotatable bonds is 7. The summed E-state index contributed by atoms with van der Waals surface area (Å²) in [6.07, 6.45) is -3.81. The Labute approximate surface area is 105 Å². The largest absolute Gasteiger partial charge is 0.389 e. The molecule has 3 nitrogen and oxygen atoms in total. The van der Waals surface area contributed by atoms with Crippen molar-refractivity contribution < 1.29 is 13.2 Å². The first-order chi connectivity index (χ1) is 8.51. The molecule has 0 aliphatic rings. The van der Waals surface area contributed by atoms with E-state index in [1.165, 1.54) is 0 Å². The van der Waals surface area contributed by atoms with Gasteiger partial charge in [0.15, 0.2) is 0 Å². The summed E-state index contributed by atoms with van der Waals surface area (Å²) in [5.41, 5.74) is 0. The minimum Gasteiger partial charge on any atom is -0.370 e. The lowest BCUT2D eigenvalue weighted by molar-refractivity contribution is -0.134. The van der Waals surface area contributed by atoms with Crippen molar-refractivity contribution in [1.82, 2.24) is 4.98 Å². The van der Waals surface area contributed by atoms with Gasteiger partial charge in [0.25, 0.3) is 0 Å². The second-order valence-electron chi connectivity index (χ2n) is 3.98. The number of nitrogens with one attached hydrogen (secondary N) is 2. The predicted octanol–water partition coefficient (Wildman–Crippen LogP) is 3.66. The van der Waals surface area contributed by atoms with Gasteiger partial charge in [0.05, 0.1) is 0 Å². The van der Waals surface area contributed by atoms with Crippen LogP contribution in [0.1, 0.15) is 26.2 Å². The molecule has 102 valence electrons. The lowest BCUT2D eigenvalue weighted by atomic mass is 10.3. The zero-order valence-corrected chi connectivity index (χ0v) is 10.3. The molecule has 0 aliphatic carbocycles. The van der Waals surface area contributed by atoms with E-state index in [1.807, 2.05) is 19.1 Å². The highest BCUT2D eigenvalue weighted by atomic mass is 19.4. The Morgan fingerprint density at radius 2 is 1.72 bits per heavy atom. The summed E-state index contributed by atoms with van der Waals surface area (Å²) in [6.45, 7) is 3.14. The van der Waals surface area contributed by atoms with Gasteiger partial charge < -0.3 is 10.6 Å². The highest BCUT2D eigenvalue weighted by Crippen LogP contribution is 2.21. The second-order valence-corrected chi connectivity index (χ2v) is 3.98. The van der Waals surface area contributed by atoms with Gasteiger partial charge in [0.1, 0.15) is 11.6 Å². The first-order valence-corrected chi connectivity index (χ1v) is 6.03. The standard InChI is InChI=1S/C12H18F3N3/c1-2-8-16-10-5-3-6-11(18-10)17-9-4-7-12(13,14)15/h3,5-6H,2,4,7-9H2,1H3,(H2,16,17,18). The third-order valence-corrected chi connectivity index (χ3v) is 2.25. The van der Waals surface area contributed by atoms with Crippen LogP contribution in [0.25, 0.3) is 0 Å². The van der Waals surface area contributed by atoms with Crippen molar-refractivity contribution in [3.8, 4) is 0 Å². The van der Waals surface area contributed by atoms with Crippen LogP contribution in [0, 0.1) is 0 Å². The molecule has 0 aliphatic heterocycles. The number of hydrogen-bond acceptors (Lipinski definition) is 3. The number of halogens is 3. The Morgan fingerprint density at radius 1 is 1.11 bits per heavy atom. The number of alkyl halides is 3. The van der Waals surface area contributed by atoms with Crippen molar-refractivity contribution in [3.63, 3.8) is 0 Å². The molecule has 0 unspecified atom stereocenters. The molecule has 0 spiro atoms. The van der Waals surface area contributed by atoms with Gasteiger partial charge in [0.2, 0.25) is 0 Å². The maximum Gasteiger partial charge on any atom is 0.389 e. The molecule has 1 aromatic rings. The first-order valence-electron chi connectivity index (χ1n) is 6.03. The van der Waals surface area contributed by atoms with Crippen molar-refractivity contribution in [2.75, 3.05) is 23.7 Å². The number of nitrogens with zero attached hydrogens (tertiary/aromatic N) is 1. The van der Waals surface area contributed by atoms with Crippen molar-refractivity contribution >= 4 is 11.6 Å². The summed E-state index contributed by atoms with van der Waals surface area (Å²) in [5.74, 6) is 1.33. The topological polar surface area (TPSA) is 37.0 Å². The van der Waals surface area contributed by atoms with E-state index >= 15 is 0 Å². The maximum absolute atomic E-state index is 11.9. The van der Waals surface area contributed by atoms with E-state index in [1.54, 1.807) is 6.07 Å². The van der Waals surface area contributed by atoms with Crippen molar-refractivity contribution in [1.29, 1.82) is 0 Å². The molecule has 1 aromatic heterocycles. The fourth-order valence-corrected chi connectivity index (χ4v) is 1.39. The Hall–Kier alpha value is -1.46. The predicted molar refractivity (Wildman–Crippen MR) is 66.8 cm³/mol. The van der Waals surface area contributed by atoms with Gasteiger partial charge in [0, 0.05) is 19.5 Å². The Balaban J connectivity index is 2.33. The van der Waals surface area contributed by atoms with Gasteiger partial charge >= 0.3 is 6.18 Å². The van der Waals surface area contributed by atoms with Gasteiger partial charge in [-0.2, -0.15) is 13.2 Å². The van der Waals surface area contributed by atoms with Gasteiger partial charge in [-0.15, -0.1) is 0 Å². The van der Waals surface area contributed by atoms with E-state index in [0.29, 0.717) is 5.82 Å². The van der Waals surface area contributed by atoms with Gasteiger partial charge in [-0.05, 0) is 25.0 Å². The normalized spacial score (nSPS) is 11.3.